The van der Waals surface area contributed by atoms with Crippen molar-refractivity contribution < 1.29 is 14.0 Å². The van der Waals surface area contributed by atoms with Crippen LogP contribution in [-0.4, -0.2) is 11.7 Å². The van der Waals surface area contributed by atoms with Crippen molar-refractivity contribution in [3.8, 4) is 0 Å². The molecule has 3 nitrogen and oxygen atoms in total. The Labute approximate surface area is 77.5 Å². The average Bonchev–Trinajstić information content (AvgIpc) is 2.38. The molecule has 0 unspecified atom stereocenters. The standard InChI is InChI=1S/C8H3ClFNO2/c9-5-4(10)2-1-3-6(5)11-8(13)7(3)12/h1-2H,(H,11,12,13). The maximum Gasteiger partial charge on any atom is 0.296 e. The van der Waals surface area contributed by atoms with Gasteiger partial charge >= 0.3 is 0 Å². The largest absolute Gasteiger partial charge is 0.317 e. The molecule has 1 aromatic carbocycles. The highest BCUT2D eigenvalue weighted by atomic mass is 35.5. The first-order chi connectivity index (χ1) is 6.11. The Kier molecular flexibility index (Phi) is 1.60. The van der Waals surface area contributed by atoms with Gasteiger partial charge in [0.15, 0.2) is 0 Å². The van der Waals surface area contributed by atoms with Crippen LogP contribution in [-0.2, 0) is 4.79 Å². The number of hydrogen-bond acceptors (Lipinski definition) is 2. The molecule has 0 bridgehead atoms. The number of carbonyl (C=O) groups is 2. The average molecular weight is 200 g/mol. The number of Topliss-reactive ketones (excluding diaryl/α,β-unsaturated/α-hetero) is 1. The molecule has 0 aliphatic carbocycles. The summed E-state index contributed by atoms with van der Waals surface area (Å²) in [5, 5.41) is 1.97. The second-order valence-corrected chi connectivity index (χ2v) is 2.95. The van der Waals surface area contributed by atoms with Crippen molar-refractivity contribution >= 4 is 29.0 Å². The lowest BCUT2D eigenvalue weighted by Crippen LogP contribution is -2.12. The van der Waals surface area contributed by atoms with Gasteiger partial charge in [0, 0.05) is 0 Å². The fraction of sp³-hybridized carbons (Fsp3) is 0. The molecule has 1 heterocycles. The first kappa shape index (κ1) is 8.19. The van der Waals surface area contributed by atoms with E-state index in [1.54, 1.807) is 0 Å². The van der Waals surface area contributed by atoms with Crippen LogP contribution >= 0.6 is 11.6 Å². The van der Waals surface area contributed by atoms with E-state index in [-0.39, 0.29) is 16.3 Å². The number of benzene rings is 1. The van der Waals surface area contributed by atoms with Crippen molar-refractivity contribution in [3.05, 3.63) is 28.5 Å². The highest BCUT2D eigenvalue weighted by Gasteiger charge is 2.30. The van der Waals surface area contributed by atoms with E-state index < -0.39 is 17.5 Å². The summed E-state index contributed by atoms with van der Waals surface area (Å²) in [5.41, 5.74) is 0.188. The highest BCUT2D eigenvalue weighted by molar-refractivity contribution is 6.53. The van der Waals surface area contributed by atoms with E-state index in [0.29, 0.717) is 0 Å². The van der Waals surface area contributed by atoms with Crippen molar-refractivity contribution in [1.29, 1.82) is 0 Å². The lowest BCUT2D eigenvalue weighted by molar-refractivity contribution is -0.112. The van der Waals surface area contributed by atoms with E-state index in [1.807, 2.05) is 0 Å². The SMILES string of the molecule is O=C1Nc2c(ccc(F)c2Cl)C1=O. The molecule has 2 rings (SSSR count). The van der Waals surface area contributed by atoms with Crippen LogP contribution < -0.4 is 5.32 Å². The zero-order chi connectivity index (χ0) is 9.59. The summed E-state index contributed by atoms with van der Waals surface area (Å²) in [6, 6.07) is 2.29. The molecule has 0 spiro atoms. The Morgan fingerprint density at radius 3 is 2.69 bits per heavy atom. The third kappa shape index (κ3) is 1.02. The maximum absolute atomic E-state index is 12.8. The molecule has 1 aromatic rings. The van der Waals surface area contributed by atoms with Gasteiger partial charge in [-0.05, 0) is 12.1 Å². The van der Waals surface area contributed by atoms with E-state index >= 15 is 0 Å². The predicted octanol–water partition coefficient (Wildman–Crippen LogP) is 1.61. The van der Waals surface area contributed by atoms with Gasteiger partial charge in [-0.2, -0.15) is 0 Å². The minimum Gasteiger partial charge on any atom is -0.317 e. The van der Waals surface area contributed by atoms with Gasteiger partial charge in [0.1, 0.15) is 10.8 Å². The van der Waals surface area contributed by atoms with Crippen LogP contribution in [0.1, 0.15) is 10.4 Å². The monoisotopic (exact) mass is 199 g/mol. The molecule has 0 aromatic heterocycles. The fourth-order valence-electron chi connectivity index (χ4n) is 1.15. The van der Waals surface area contributed by atoms with Gasteiger partial charge in [-0.3, -0.25) is 9.59 Å². The molecule has 66 valence electrons. The molecule has 1 aliphatic heterocycles. The number of nitrogens with one attached hydrogen (secondary N) is 1. The van der Waals surface area contributed by atoms with Gasteiger partial charge in [-0.15, -0.1) is 0 Å². The van der Waals surface area contributed by atoms with Crippen LogP contribution in [0.15, 0.2) is 12.1 Å². The molecule has 0 atom stereocenters. The molecule has 0 radical (unpaired) electrons. The molecule has 0 saturated carbocycles. The van der Waals surface area contributed by atoms with Gasteiger partial charge in [0.2, 0.25) is 0 Å². The summed E-state index contributed by atoms with van der Waals surface area (Å²) in [6.45, 7) is 0. The van der Waals surface area contributed by atoms with Gasteiger partial charge < -0.3 is 5.32 Å². The van der Waals surface area contributed by atoms with Crippen molar-refractivity contribution in [2.75, 3.05) is 5.32 Å². The Hall–Kier alpha value is -1.42. The third-order valence-corrected chi connectivity index (χ3v) is 2.15. The zero-order valence-electron chi connectivity index (χ0n) is 6.23. The van der Waals surface area contributed by atoms with Crippen LogP contribution in [0, 0.1) is 5.82 Å². The van der Waals surface area contributed by atoms with Crippen molar-refractivity contribution in [1.82, 2.24) is 0 Å². The third-order valence-electron chi connectivity index (χ3n) is 1.78. The molecule has 13 heavy (non-hydrogen) atoms. The topological polar surface area (TPSA) is 46.2 Å². The minimum atomic E-state index is -0.775. The number of hydrogen-bond donors (Lipinski definition) is 1. The molecule has 5 heteroatoms. The van der Waals surface area contributed by atoms with Gasteiger partial charge in [0.05, 0.1) is 11.3 Å². The first-order valence-electron chi connectivity index (χ1n) is 3.45. The zero-order valence-corrected chi connectivity index (χ0v) is 6.98. The lowest BCUT2D eigenvalue weighted by atomic mass is 10.1. The van der Waals surface area contributed by atoms with Crippen LogP contribution in [0.4, 0.5) is 10.1 Å². The molecule has 0 fully saturated rings. The number of halogens is 2. The second-order valence-electron chi connectivity index (χ2n) is 2.57. The van der Waals surface area contributed by atoms with Crippen molar-refractivity contribution in [2.45, 2.75) is 0 Å². The van der Waals surface area contributed by atoms with E-state index in [9.17, 15) is 14.0 Å². The Bertz CT molecular complexity index is 430. The number of rotatable bonds is 0. The molecule has 1 N–H and O–H groups in total. The van der Waals surface area contributed by atoms with Crippen LogP contribution in [0.2, 0.25) is 5.02 Å². The number of amides is 1. The summed E-state index contributed by atoms with van der Waals surface area (Å²) < 4.78 is 12.8. The summed E-state index contributed by atoms with van der Waals surface area (Å²) in [5.74, 6) is -2.12. The van der Waals surface area contributed by atoms with Crippen LogP contribution in [0.25, 0.3) is 0 Å². The number of carbonyl (C=O) groups excluding carboxylic acids is 2. The molecule has 1 aliphatic rings. The Balaban J connectivity index is 2.70. The highest BCUT2D eigenvalue weighted by Crippen LogP contribution is 2.32. The van der Waals surface area contributed by atoms with Gasteiger partial charge in [-0.1, -0.05) is 11.6 Å². The molecular formula is C8H3ClFNO2. The number of ketones is 1. The summed E-state index contributed by atoms with van der Waals surface area (Å²) in [6.07, 6.45) is 0. The normalized spacial score (nSPS) is 14.3. The lowest BCUT2D eigenvalue weighted by Gasteiger charge is -1.99. The Morgan fingerprint density at radius 1 is 1.31 bits per heavy atom. The van der Waals surface area contributed by atoms with Crippen molar-refractivity contribution in [2.24, 2.45) is 0 Å². The molecule has 0 saturated heterocycles. The van der Waals surface area contributed by atoms with E-state index in [4.69, 9.17) is 11.6 Å². The summed E-state index contributed by atoms with van der Waals surface area (Å²) >= 11 is 5.53. The fourth-order valence-corrected chi connectivity index (χ4v) is 1.37. The van der Waals surface area contributed by atoms with Gasteiger partial charge in [0.25, 0.3) is 11.7 Å². The summed E-state index contributed by atoms with van der Waals surface area (Å²) in [4.78, 5) is 21.9. The first-order valence-corrected chi connectivity index (χ1v) is 3.82. The van der Waals surface area contributed by atoms with E-state index in [2.05, 4.69) is 5.32 Å². The quantitative estimate of drug-likeness (QED) is 0.646. The van der Waals surface area contributed by atoms with E-state index in [1.165, 1.54) is 6.07 Å². The minimum absolute atomic E-state index is 0.0664. The molecular weight excluding hydrogens is 197 g/mol. The van der Waals surface area contributed by atoms with Crippen LogP contribution in [0.5, 0.6) is 0 Å². The number of anilines is 1. The van der Waals surface area contributed by atoms with Crippen molar-refractivity contribution in [3.63, 3.8) is 0 Å². The summed E-state index contributed by atoms with van der Waals surface area (Å²) in [7, 11) is 0. The predicted molar refractivity (Wildman–Crippen MR) is 44.4 cm³/mol. The van der Waals surface area contributed by atoms with Crippen LogP contribution in [0.3, 0.4) is 0 Å². The smallest absolute Gasteiger partial charge is 0.296 e. The second kappa shape index (κ2) is 2.53. The van der Waals surface area contributed by atoms with E-state index in [0.717, 1.165) is 6.07 Å². The number of fused-ring (bicyclic) bond motifs is 1. The van der Waals surface area contributed by atoms with Gasteiger partial charge in [-0.25, -0.2) is 4.39 Å². The molecule has 1 amide bonds. The Morgan fingerprint density at radius 2 is 2.00 bits per heavy atom. The maximum atomic E-state index is 12.8.